The number of likely N-dealkylation sites (N-methyl/N-ethyl adjacent to an activating group) is 1. The van der Waals surface area contributed by atoms with Gasteiger partial charge in [0.2, 0.25) is 0 Å². The van der Waals surface area contributed by atoms with E-state index >= 15 is 0 Å². The van der Waals surface area contributed by atoms with E-state index in [1.165, 1.54) is 25.5 Å². The van der Waals surface area contributed by atoms with E-state index < -0.39 is 5.60 Å². The summed E-state index contributed by atoms with van der Waals surface area (Å²) in [7, 11) is 2.16. The molecule has 5 nitrogen and oxygen atoms in total. The Hall–Kier alpha value is -1.67. The maximum absolute atomic E-state index is 11.1. The van der Waals surface area contributed by atoms with E-state index in [4.69, 9.17) is 4.74 Å². The number of ether oxygens (including phenoxy) is 1. The number of nitrogens with zero attached hydrogens (tertiary/aromatic N) is 2. The molecule has 1 aliphatic rings. The summed E-state index contributed by atoms with van der Waals surface area (Å²) in [4.78, 5) is 15.6. The molecule has 7 heteroatoms. The van der Waals surface area contributed by atoms with E-state index in [1.807, 2.05) is 18.4 Å². The molecule has 0 saturated heterocycles. The van der Waals surface area contributed by atoms with Gasteiger partial charge < -0.3 is 19.5 Å². The average molecular weight is 461 g/mol. The van der Waals surface area contributed by atoms with E-state index in [0.717, 1.165) is 28.4 Å². The molecule has 0 bridgehead atoms. The summed E-state index contributed by atoms with van der Waals surface area (Å²) >= 11 is 3.33. The highest BCUT2D eigenvalue weighted by atomic mass is 32.2. The smallest absolute Gasteiger partial charge is 0.154 e. The van der Waals surface area contributed by atoms with E-state index in [2.05, 4.69) is 53.5 Å². The minimum atomic E-state index is -1.51. The van der Waals surface area contributed by atoms with Crippen LogP contribution in [0.15, 0.2) is 52.3 Å². The lowest BCUT2D eigenvalue weighted by Crippen LogP contribution is -2.35. The van der Waals surface area contributed by atoms with Gasteiger partial charge in [0, 0.05) is 18.3 Å². The minimum Gasteiger partial charge on any atom is -0.489 e. The maximum atomic E-state index is 11.1. The van der Waals surface area contributed by atoms with Gasteiger partial charge in [0.25, 0.3) is 0 Å². The fraction of sp³-hybridized carbons (Fsp3) is 0.458. The Kier molecular flexibility index (Phi) is 8.33. The normalized spacial score (nSPS) is 18.7. The van der Waals surface area contributed by atoms with E-state index in [-0.39, 0.29) is 6.61 Å². The Morgan fingerprint density at radius 2 is 2.06 bits per heavy atom. The number of aliphatic hydroxyl groups is 1. The molecule has 0 spiro atoms. The van der Waals surface area contributed by atoms with Crippen molar-refractivity contribution in [2.24, 2.45) is 0 Å². The van der Waals surface area contributed by atoms with Crippen molar-refractivity contribution in [1.29, 1.82) is 0 Å². The lowest BCUT2D eigenvalue weighted by atomic mass is 10.1. The van der Waals surface area contributed by atoms with Crippen LogP contribution in [0, 0.1) is 0 Å². The van der Waals surface area contributed by atoms with Crippen molar-refractivity contribution in [1.82, 2.24) is 4.31 Å². The molecule has 0 radical (unpaired) electrons. The number of anilines is 2. The van der Waals surface area contributed by atoms with Gasteiger partial charge in [-0.25, -0.2) is 4.31 Å². The highest BCUT2D eigenvalue weighted by molar-refractivity contribution is 7.98. The standard InChI is InChI=1S/C24H32N2O3S2/c1-5-6-10-19-15-26(18-11-8-7-9-12-18)20-13-23(30-4)21(14-22(20)31-25(19)3)29-17-24(2,28)16-27/h7-9,11-14,16,19,28H,5-6,10,15,17H2,1-4H3. The summed E-state index contributed by atoms with van der Waals surface area (Å²) in [6.07, 6.45) is 6.04. The Morgan fingerprint density at radius 1 is 1.32 bits per heavy atom. The quantitative estimate of drug-likeness (QED) is 0.306. The van der Waals surface area contributed by atoms with Gasteiger partial charge in [-0.1, -0.05) is 38.0 Å². The minimum absolute atomic E-state index is 0.0785. The second kappa shape index (κ2) is 10.8. The fourth-order valence-corrected chi connectivity index (χ4v) is 5.17. The van der Waals surface area contributed by atoms with Crippen LogP contribution in [0.2, 0.25) is 0 Å². The molecule has 1 aliphatic heterocycles. The van der Waals surface area contributed by atoms with Crippen LogP contribution in [-0.2, 0) is 4.79 Å². The van der Waals surface area contributed by atoms with Gasteiger partial charge >= 0.3 is 0 Å². The SMILES string of the molecule is CCCCC1CN(c2ccccc2)c2cc(SC)c(OCC(C)(O)C=O)cc2SN1C. The third-order valence-corrected chi connectivity index (χ3v) is 7.29. The monoisotopic (exact) mass is 460 g/mol. The highest BCUT2D eigenvalue weighted by Crippen LogP contribution is 2.45. The van der Waals surface area contributed by atoms with Crippen LogP contribution in [-0.4, -0.2) is 53.8 Å². The predicted molar refractivity (Wildman–Crippen MR) is 131 cm³/mol. The number of benzene rings is 2. The molecule has 0 aromatic heterocycles. The van der Waals surface area contributed by atoms with Crippen molar-refractivity contribution >= 4 is 41.4 Å². The largest absolute Gasteiger partial charge is 0.489 e. The molecular weight excluding hydrogens is 428 g/mol. The van der Waals surface area contributed by atoms with Crippen molar-refractivity contribution in [2.75, 3.05) is 31.4 Å². The lowest BCUT2D eigenvalue weighted by Gasteiger charge is -2.30. The lowest BCUT2D eigenvalue weighted by molar-refractivity contribution is -0.125. The molecule has 2 unspecified atom stereocenters. The van der Waals surface area contributed by atoms with Crippen LogP contribution >= 0.6 is 23.7 Å². The van der Waals surface area contributed by atoms with Crippen molar-refractivity contribution < 1.29 is 14.6 Å². The molecule has 2 aromatic carbocycles. The molecule has 2 atom stereocenters. The van der Waals surface area contributed by atoms with Gasteiger partial charge in [-0.2, -0.15) is 0 Å². The van der Waals surface area contributed by atoms with Crippen LogP contribution < -0.4 is 9.64 Å². The fourth-order valence-electron chi connectivity index (χ4n) is 3.56. The van der Waals surface area contributed by atoms with Crippen LogP contribution in [0.5, 0.6) is 5.75 Å². The molecule has 0 aliphatic carbocycles. The van der Waals surface area contributed by atoms with Crippen molar-refractivity contribution in [3.05, 3.63) is 42.5 Å². The van der Waals surface area contributed by atoms with Gasteiger partial charge in [0.15, 0.2) is 11.9 Å². The number of thioether (sulfide) groups is 1. The number of rotatable bonds is 9. The first-order chi connectivity index (χ1) is 14.9. The van der Waals surface area contributed by atoms with Gasteiger partial charge in [0.05, 0.1) is 15.5 Å². The third-order valence-electron chi connectivity index (χ3n) is 5.42. The van der Waals surface area contributed by atoms with E-state index in [0.29, 0.717) is 18.1 Å². The molecule has 0 saturated carbocycles. The van der Waals surface area contributed by atoms with Gasteiger partial charge in [-0.15, -0.1) is 11.8 Å². The zero-order valence-electron chi connectivity index (χ0n) is 18.7. The molecule has 1 N–H and O–H groups in total. The van der Waals surface area contributed by atoms with Crippen molar-refractivity contribution in [3.8, 4) is 5.75 Å². The Morgan fingerprint density at radius 3 is 2.71 bits per heavy atom. The number of unbranched alkanes of at least 4 members (excludes halogenated alkanes) is 1. The van der Waals surface area contributed by atoms with Gasteiger partial charge in [-0.05, 0) is 62.9 Å². The number of aldehydes is 1. The van der Waals surface area contributed by atoms with Crippen molar-refractivity contribution in [2.45, 2.75) is 54.5 Å². The first kappa shape index (κ1) is 24.0. The first-order valence-electron chi connectivity index (χ1n) is 10.7. The summed E-state index contributed by atoms with van der Waals surface area (Å²) in [5.41, 5.74) is 0.819. The molecule has 1 heterocycles. The molecule has 3 rings (SSSR count). The van der Waals surface area contributed by atoms with Crippen LogP contribution in [0.1, 0.15) is 33.1 Å². The number of carbonyl (C=O) groups is 1. The number of carbonyl (C=O) groups excluding carboxylic acids is 1. The zero-order chi connectivity index (χ0) is 22.4. The third kappa shape index (κ3) is 5.98. The topological polar surface area (TPSA) is 53.0 Å². The van der Waals surface area contributed by atoms with Crippen molar-refractivity contribution in [3.63, 3.8) is 0 Å². The predicted octanol–water partition coefficient (Wildman–Crippen LogP) is 5.39. The second-order valence-electron chi connectivity index (χ2n) is 8.11. The summed E-state index contributed by atoms with van der Waals surface area (Å²) in [5, 5.41) is 10.1. The summed E-state index contributed by atoms with van der Waals surface area (Å²) in [6.45, 7) is 4.52. The van der Waals surface area contributed by atoms with Crippen LogP contribution in [0.4, 0.5) is 11.4 Å². The number of para-hydroxylation sites is 1. The molecule has 31 heavy (non-hydrogen) atoms. The van der Waals surface area contributed by atoms with Gasteiger partial charge in [0.1, 0.15) is 12.4 Å². The van der Waals surface area contributed by atoms with Crippen LogP contribution in [0.25, 0.3) is 0 Å². The number of hydrogen-bond donors (Lipinski definition) is 1. The average Bonchev–Trinajstić information content (AvgIpc) is 2.91. The summed E-state index contributed by atoms with van der Waals surface area (Å²) in [6, 6.07) is 15.1. The number of fused-ring (bicyclic) bond motifs is 1. The van der Waals surface area contributed by atoms with Crippen LogP contribution in [0.3, 0.4) is 0 Å². The van der Waals surface area contributed by atoms with E-state index in [1.54, 1.807) is 23.7 Å². The maximum Gasteiger partial charge on any atom is 0.154 e. The molecule has 0 fully saturated rings. The summed E-state index contributed by atoms with van der Waals surface area (Å²) in [5.74, 6) is 0.689. The summed E-state index contributed by atoms with van der Waals surface area (Å²) < 4.78 is 8.25. The van der Waals surface area contributed by atoms with Gasteiger partial charge in [-0.3, -0.25) is 0 Å². The second-order valence-corrected chi connectivity index (χ2v) is 10.2. The molecular formula is C24H32N2O3S2. The zero-order valence-corrected chi connectivity index (χ0v) is 20.3. The molecule has 0 amide bonds. The molecule has 168 valence electrons. The Bertz CT molecular complexity index is 877. The Labute approximate surface area is 194 Å². The van der Waals surface area contributed by atoms with E-state index in [9.17, 15) is 9.90 Å². The Balaban J connectivity index is 2.02. The number of hydrogen-bond acceptors (Lipinski definition) is 7. The molecule has 2 aromatic rings. The first-order valence-corrected chi connectivity index (χ1v) is 12.6. The highest BCUT2D eigenvalue weighted by Gasteiger charge is 2.29.